The molecule has 1 fully saturated rings. The molecule has 1 aromatic carbocycles. The minimum Gasteiger partial charge on any atom is -0.381 e. The quantitative estimate of drug-likeness (QED) is 0.794. The molecule has 0 unspecified atom stereocenters. The zero-order valence-electron chi connectivity index (χ0n) is 11.5. The van der Waals surface area contributed by atoms with Crippen molar-refractivity contribution in [2.24, 2.45) is 0 Å². The van der Waals surface area contributed by atoms with Crippen LogP contribution in [0.4, 0.5) is 0 Å². The molecule has 116 valence electrons. The molecule has 1 N–H and O–H groups in total. The maximum absolute atomic E-state index is 12.3. The normalized spacial score (nSPS) is 21.7. The summed E-state index contributed by atoms with van der Waals surface area (Å²) in [5.41, 5.74) is 0.637. The molecule has 0 bridgehead atoms. The number of rotatable bonds is 4. The molecule has 1 aliphatic carbocycles. The van der Waals surface area contributed by atoms with Crippen LogP contribution in [0.25, 0.3) is 0 Å². The molecular weight excluding hydrogens is 382 g/mol. The standard InChI is InChI=1S/C13H15BrClNO4S/c1-7-11(3-8(14)4-12(7)21(15,18)19)13(17)16-9-5-10(6-9)20-2/h3-4,9-10H,5-6H2,1-2H3,(H,16,17). The molecule has 0 radical (unpaired) electrons. The summed E-state index contributed by atoms with van der Waals surface area (Å²) in [5.74, 6) is -0.310. The number of amides is 1. The van der Waals surface area contributed by atoms with Crippen molar-refractivity contribution in [2.45, 2.75) is 36.8 Å². The number of nitrogens with one attached hydrogen (secondary N) is 1. The second-order valence-corrected chi connectivity index (χ2v) is 8.46. The molecule has 0 atom stereocenters. The number of hydrogen-bond acceptors (Lipinski definition) is 4. The van der Waals surface area contributed by atoms with E-state index < -0.39 is 9.05 Å². The first-order chi connectivity index (χ1) is 9.72. The van der Waals surface area contributed by atoms with Crippen LogP contribution in [0.2, 0.25) is 0 Å². The van der Waals surface area contributed by atoms with Crippen LogP contribution >= 0.6 is 26.6 Å². The number of carbonyl (C=O) groups is 1. The van der Waals surface area contributed by atoms with Gasteiger partial charge in [0, 0.05) is 33.9 Å². The highest BCUT2D eigenvalue weighted by atomic mass is 79.9. The fraction of sp³-hybridized carbons (Fsp3) is 0.462. The van der Waals surface area contributed by atoms with Gasteiger partial charge >= 0.3 is 0 Å². The second-order valence-electron chi connectivity index (χ2n) is 5.01. The monoisotopic (exact) mass is 395 g/mol. The largest absolute Gasteiger partial charge is 0.381 e. The molecule has 1 aromatic rings. The maximum Gasteiger partial charge on any atom is 0.261 e. The Hall–Kier alpha value is -0.630. The number of benzene rings is 1. The van der Waals surface area contributed by atoms with Crippen LogP contribution in [0.3, 0.4) is 0 Å². The van der Waals surface area contributed by atoms with Crippen molar-refractivity contribution in [1.29, 1.82) is 0 Å². The van der Waals surface area contributed by atoms with Crippen LogP contribution in [-0.4, -0.2) is 33.6 Å². The van der Waals surface area contributed by atoms with E-state index in [2.05, 4.69) is 21.2 Å². The van der Waals surface area contributed by atoms with E-state index in [4.69, 9.17) is 15.4 Å². The van der Waals surface area contributed by atoms with Crippen molar-refractivity contribution >= 4 is 41.6 Å². The molecule has 0 aromatic heterocycles. The Bertz CT molecular complexity index is 671. The average Bonchev–Trinajstić information content (AvgIpc) is 2.33. The van der Waals surface area contributed by atoms with Crippen molar-refractivity contribution in [3.63, 3.8) is 0 Å². The van der Waals surface area contributed by atoms with Gasteiger partial charge in [-0.15, -0.1) is 0 Å². The van der Waals surface area contributed by atoms with Gasteiger partial charge in [-0.3, -0.25) is 4.79 Å². The molecule has 0 heterocycles. The lowest BCUT2D eigenvalue weighted by atomic mass is 9.89. The van der Waals surface area contributed by atoms with Gasteiger partial charge in [0.25, 0.3) is 15.0 Å². The predicted octanol–water partition coefficient (Wildman–Crippen LogP) is 2.59. The first-order valence-electron chi connectivity index (χ1n) is 6.31. The van der Waals surface area contributed by atoms with E-state index in [0.717, 1.165) is 12.8 Å². The van der Waals surface area contributed by atoms with Crippen molar-refractivity contribution in [2.75, 3.05) is 7.11 Å². The minimum absolute atomic E-state index is 0.0527. The van der Waals surface area contributed by atoms with Crippen molar-refractivity contribution in [3.05, 3.63) is 27.7 Å². The van der Waals surface area contributed by atoms with Gasteiger partial charge in [0.1, 0.15) is 0 Å². The third kappa shape index (κ3) is 3.77. The molecule has 21 heavy (non-hydrogen) atoms. The van der Waals surface area contributed by atoms with Gasteiger partial charge in [-0.05, 0) is 37.5 Å². The Morgan fingerprint density at radius 3 is 2.57 bits per heavy atom. The zero-order valence-corrected chi connectivity index (χ0v) is 14.7. The fourth-order valence-electron chi connectivity index (χ4n) is 2.28. The highest BCUT2D eigenvalue weighted by Gasteiger charge is 2.31. The van der Waals surface area contributed by atoms with Crippen LogP contribution in [-0.2, 0) is 13.8 Å². The molecule has 0 aliphatic heterocycles. The van der Waals surface area contributed by atoms with Gasteiger partial charge < -0.3 is 10.1 Å². The van der Waals surface area contributed by atoms with Crippen LogP contribution in [0.1, 0.15) is 28.8 Å². The highest BCUT2D eigenvalue weighted by Crippen LogP contribution is 2.28. The SMILES string of the molecule is COC1CC(NC(=O)c2cc(Br)cc(S(=O)(=O)Cl)c2C)C1. The fourth-order valence-corrected chi connectivity index (χ4v) is 4.12. The number of carbonyl (C=O) groups excluding carboxylic acids is 1. The van der Waals surface area contributed by atoms with E-state index in [0.29, 0.717) is 15.6 Å². The van der Waals surface area contributed by atoms with Crippen LogP contribution < -0.4 is 5.32 Å². The summed E-state index contributed by atoms with van der Waals surface area (Å²) in [6.45, 7) is 1.56. The lowest BCUT2D eigenvalue weighted by Gasteiger charge is -2.34. The highest BCUT2D eigenvalue weighted by molar-refractivity contribution is 9.10. The van der Waals surface area contributed by atoms with Crippen molar-refractivity contribution < 1.29 is 17.9 Å². The first-order valence-corrected chi connectivity index (χ1v) is 9.41. The summed E-state index contributed by atoms with van der Waals surface area (Å²) >= 11 is 3.20. The third-order valence-electron chi connectivity index (χ3n) is 3.60. The van der Waals surface area contributed by atoms with E-state index >= 15 is 0 Å². The number of methoxy groups -OCH3 is 1. The zero-order chi connectivity index (χ0) is 15.8. The molecule has 8 heteroatoms. The molecule has 5 nitrogen and oxygen atoms in total. The Labute approximate surface area is 136 Å². The Morgan fingerprint density at radius 1 is 1.43 bits per heavy atom. The van der Waals surface area contributed by atoms with Crippen molar-refractivity contribution in [1.82, 2.24) is 5.32 Å². The van der Waals surface area contributed by atoms with E-state index in [1.54, 1.807) is 20.1 Å². The smallest absolute Gasteiger partial charge is 0.261 e. The Kier molecular flexibility index (Phi) is 4.97. The second kappa shape index (κ2) is 6.24. The summed E-state index contributed by atoms with van der Waals surface area (Å²) in [7, 11) is 3.13. The number of halogens is 2. The topological polar surface area (TPSA) is 72.5 Å². The van der Waals surface area contributed by atoms with Gasteiger partial charge in [0.05, 0.1) is 11.0 Å². The number of hydrogen-bond donors (Lipinski definition) is 1. The average molecular weight is 397 g/mol. The Morgan fingerprint density at radius 2 is 2.05 bits per heavy atom. The summed E-state index contributed by atoms with van der Waals surface area (Å²) in [4.78, 5) is 12.2. The molecule has 0 spiro atoms. The van der Waals surface area contributed by atoms with Crippen LogP contribution in [0.5, 0.6) is 0 Å². The molecule has 0 saturated heterocycles. The predicted molar refractivity (Wildman–Crippen MR) is 83.2 cm³/mol. The summed E-state index contributed by atoms with van der Waals surface area (Å²) in [6, 6.07) is 3.03. The summed E-state index contributed by atoms with van der Waals surface area (Å²) in [6.07, 6.45) is 1.70. The lowest BCUT2D eigenvalue weighted by molar-refractivity contribution is 0.0176. The maximum atomic E-state index is 12.3. The summed E-state index contributed by atoms with van der Waals surface area (Å²) in [5, 5.41) is 2.87. The van der Waals surface area contributed by atoms with Crippen LogP contribution in [0, 0.1) is 6.92 Å². The van der Waals surface area contributed by atoms with Crippen molar-refractivity contribution in [3.8, 4) is 0 Å². The molecule has 1 aliphatic rings. The third-order valence-corrected chi connectivity index (χ3v) is 5.50. The van der Waals surface area contributed by atoms with Gasteiger partial charge in [-0.2, -0.15) is 0 Å². The minimum atomic E-state index is -3.90. The van der Waals surface area contributed by atoms with E-state index in [-0.39, 0.29) is 22.9 Å². The number of ether oxygens (including phenoxy) is 1. The van der Waals surface area contributed by atoms with Gasteiger partial charge in [0.15, 0.2) is 0 Å². The lowest BCUT2D eigenvalue weighted by Crippen LogP contribution is -2.47. The molecule has 1 amide bonds. The van der Waals surface area contributed by atoms with E-state index in [1.165, 1.54) is 6.07 Å². The van der Waals surface area contributed by atoms with Gasteiger partial charge in [-0.1, -0.05) is 15.9 Å². The summed E-state index contributed by atoms with van der Waals surface area (Å²) < 4.78 is 28.7. The van der Waals surface area contributed by atoms with E-state index in [1.807, 2.05) is 0 Å². The molecule has 1 saturated carbocycles. The first kappa shape index (κ1) is 16.7. The van der Waals surface area contributed by atoms with E-state index in [9.17, 15) is 13.2 Å². The van der Waals surface area contributed by atoms with Gasteiger partial charge in [-0.25, -0.2) is 8.42 Å². The Balaban J connectivity index is 2.24. The molecular formula is C13H15BrClNO4S. The van der Waals surface area contributed by atoms with Gasteiger partial charge in [0.2, 0.25) is 0 Å². The van der Waals surface area contributed by atoms with Crippen LogP contribution in [0.15, 0.2) is 21.5 Å². The molecule has 2 rings (SSSR count).